The quantitative estimate of drug-likeness (QED) is 0.635. The molecule has 0 aliphatic carbocycles. The third kappa shape index (κ3) is 2.61. The standard InChI is InChI=1S/C15H17N3O2/c1-10-5-6-15(11(2)9-10)18-13(4)14(12(3)16-18)7-8-17(19)20/h5-9H,1-4H3/b8-7+. The van der Waals surface area contributed by atoms with Crippen LogP contribution in [0.2, 0.25) is 0 Å². The lowest BCUT2D eigenvalue weighted by atomic mass is 10.1. The molecule has 0 aliphatic heterocycles. The second-order valence-corrected chi connectivity index (χ2v) is 4.89. The number of aryl methyl sites for hydroxylation is 3. The molecule has 0 N–H and O–H groups in total. The van der Waals surface area contributed by atoms with Crippen molar-refractivity contribution in [2.45, 2.75) is 27.7 Å². The number of aromatic nitrogens is 2. The van der Waals surface area contributed by atoms with Crippen molar-refractivity contribution >= 4 is 6.08 Å². The fraction of sp³-hybridized carbons (Fsp3) is 0.267. The van der Waals surface area contributed by atoms with E-state index in [-0.39, 0.29) is 0 Å². The molecule has 1 heterocycles. The second-order valence-electron chi connectivity index (χ2n) is 4.89. The van der Waals surface area contributed by atoms with Crippen LogP contribution in [0.25, 0.3) is 11.8 Å². The zero-order valence-electron chi connectivity index (χ0n) is 12.0. The Kier molecular flexibility index (Phi) is 3.70. The molecule has 0 aliphatic rings. The molecule has 0 saturated heterocycles. The van der Waals surface area contributed by atoms with Crippen LogP contribution in [0.4, 0.5) is 0 Å². The van der Waals surface area contributed by atoms with Gasteiger partial charge in [0.2, 0.25) is 6.20 Å². The molecule has 104 valence electrons. The summed E-state index contributed by atoms with van der Waals surface area (Å²) in [5.41, 5.74) is 5.79. The first-order valence-electron chi connectivity index (χ1n) is 6.35. The Balaban J connectivity index is 2.54. The highest BCUT2D eigenvalue weighted by atomic mass is 16.6. The molecule has 0 spiro atoms. The minimum atomic E-state index is -0.465. The van der Waals surface area contributed by atoms with Gasteiger partial charge >= 0.3 is 0 Å². The van der Waals surface area contributed by atoms with Crippen molar-refractivity contribution in [1.82, 2.24) is 9.78 Å². The number of hydrogen-bond acceptors (Lipinski definition) is 3. The van der Waals surface area contributed by atoms with Crippen molar-refractivity contribution in [3.8, 4) is 5.69 Å². The molecule has 0 amide bonds. The zero-order valence-corrected chi connectivity index (χ0v) is 12.0. The van der Waals surface area contributed by atoms with E-state index in [1.54, 1.807) is 0 Å². The molecule has 1 aromatic heterocycles. The molecule has 0 radical (unpaired) electrons. The minimum Gasteiger partial charge on any atom is -0.259 e. The molecule has 5 nitrogen and oxygen atoms in total. The van der Waals surface area contributed by atoms with Crippen LogP contribution < -0.4 is 0 Å². The van der Waals surface area contributed by atoms with Crippen LogP contribution in [0, 0.1) is 37.8 Å². The maximum absolute atomic E-state index is 10.5. The van der Waals surface area contributed by atoms with Crippen LogP contribution in [0.15, 0.2) is 24.4 Å². The van der Waals surface area contributed by atoms with Gasteiger partial charge in [0.1, 0.15) is 0 Å². The summed E-state index contributed by atoms with van der Waals surface area (Å²) in [5.74, 6) is 0. The van der Waals surface area contributed by atoms with E-state index in [0.717, 1.165) is 34.4 Å². The topological polar surface area (TPSA) is 61.0 Å². The molecule has 1 aromatic carbocycles. The molecular weight excluding hydrogens is 254 g/mol. The lowest BCUT2D eigenvalue weighted by molar-refractivity contribution is -0.400. The molecule has 0 saturated carbocycles. The van der Waals surface area contributed by atoms with Gasteiger partial charge in [-0.15, -0.1) is 0 Å². The van der Waals surface area contributed by atoms with Gasteiger partial charge in [-0.25, -0.2) is 4.68 Å². The van der Waals surface area contributed by atoms with E-state index in [9.17, 15) is 10.1 Å². The highest BCUT2D eigenvalue weighted by Crippen LogP contribution is 2.22. The van der Waals surface area contributed by atoms with Gasteiger partial charge in [-0.3, -0.25) is 10.1 Å². The van der Waals surface area contributed by atoms with Crippen molar-refractivity contribution < 1.29 is 4.92 Å². The van der Waals surface area contributed by atoms with Crippen molar-refractivity contribution in [2.75, 3.05) is 0 Å². The summed E-state index contributed by atoms with van der Waals surface area (Å²) in [7, 11) is 0. The Hall–Kier alpha value is -2.43. The Morgan fingerprint density at radius 3 is 2.55 bits per heavy atom. The van der Waals surface area contributed by atoms with E-state index in [0.29, 0.717) is 0 Å². The van der Waals surface area contributed by atoms with Crippen molar-refractivity contribution in [3.05, 3.63) is 62.6 Å². The second kappa shape index (κ2) is 5.28. The van der Waals surface area contributed by atoms with Gasteiger partial charge in [0, 0.05) is 17.3 Å². The van der Waals surface area contributed by atoms with E-state index >= 15 is 0 Å². The SMILES string of the molecule is Cc1ccc(-n2nc(C)c(/C=C/[N+](=O)[O-])c2C)c(C)c1. The first-order chi connectivity index (χ1) is 9.40. The summed E-state index contributed by atoms with van der Waals surface area (Å²) >= 11 is 0. The Labute approximate surface area is 117 Å². The third-order valence-corrected chi connectivity index (χ3v) is 3.29. The van der Waals surface area contributed by atoms with Gasteiger partial charge < -0.3 is 0 Å². The fourth-order valence-corrected chi connectivity index (χ4v) is 2.31. The van der Waals surface area contributed by atoms with Crippen molar-refractivity contribution in [3.63, 3.8) is 0 Å². The largest absolute Gasteiger partial charge is 0.259 e. The Morgan fingerprint density at radius 1 is 1.25 bits per heavy atom. The van der Waals surface area contributed by atoms with E-state index in [4.69, 9.17) is 0 Å². The number of hydrogen-bond donors (Lipinski definition) is 0. The average molecular weight is 271 g/mol. The molecular formula is C15H17N3O2. The van der Waals surface area contributed by atoms with Crippen molar-refractivity contribution in [1.29, 1.82) is 0 Å². The lowest BCUT2D eigenvalue weighted by Crippen LogP contribution is -2.01. The van der Waals surface area contributed by atoms with Gasteiger partial charge in [-0.2, -0.15) is 5.10 Å². The molecule has 20 heavy (non-hydrogen) atoms. The van der Waals surface area contributed by atoms with Gasteiger partial charge in [-0.1, -0.05) is 17.7 Å². The van der Waals surface area contributed by atoms with Crippen LogP contribution in [-0.2, 0) is 0 Å². The third-order valence-electron chi connectivity index (χ3n) is 3.29. The highest BCUT2D eigenvalue weighted by Gasteiger charge is 2.12. The molecule has 5 heteroatoms. The summed E-state index contributed by atoms with van der Waals surface area (Å²) in [6.07, 6.45) is 2.45. The van der Waals surface area contributed by atoms with E-state index < -0.39 is 4.92 Å². The first kappa shape index (κ1) is 14.0. The van der Waals surface area contributed by atoms with E-state index in [1.165, 1.54) is 11.6 Å². The predicted octanol–water partition coefficient (Wildman–Crippen LogP) is 3.35. The van der Waals surface area contributed by atoms with Gasteiger partial charge in [-0.05, 0) is 39.3 Å². The molecule has 0 bridgehead atoms. The Morgan fingerprint density at radius 2 is 1.95 bits per heavy atom. The lowest BCUT2D eigenvalue weighted by Gasteiger charge is -2.09. The van der Waals surface area contributed by atoms with Gasteiger partial charge in [0.25, 0.3) is 0 Å². The zero-order chi connectivity index (χ0) is 14.9. The number of nitro groups is 1. The van der Waals surface area contributed by atoms with Crippen LogP contribution in [0.3, 0.4) is 0 Å². The monoisotopic (exact) mass is 271 g/mol. The van der Waals surface area contributed by atoms with Crippen LogP contribution in [0.5, 0.6) is 0 Å². The summed E-state index contributed by atoms with van der Waals surface area (Å²) < 4.78 is 1.84. The maximum Gasteiger partial charge on any atom is 0.235 e. The fourth-order valence-electron chi connectivity index (χ4n) is 2.31. The number of rotatable bonds is 3. The van der Waals surface area contributed by atoms with Gasteiger partial charge in [0.15, 0.2) is 0 Å². The average Bonchev–Trinajstić information content (AvgIpc) is 2.62. The number of nitrogens with zero attached hydrogens (tertiary/aromatic N) is 3. The van der Waals surface area contributed by atoms with Gasteiger partial charge in [0.05, 0.1) is 16.3 Å². The minimum absolute atomic E-state index is 0.465. The van der Waals surface area contributed by atoms with E-state index in [2.05, 4.69) is 11.2 Å². The first-order valence-corrected chi connectivity index (χ1v) is 6.35. The molecule has 0 fully saturated rings. The summed E-state index contributed by atoms with van der Waals surface area (Å²) in [6.45, 7) is 7.85. The Bertz CT molecular complexity index is 699. The molecule has 0 unspecified atom stereocenters. The predicted molar refractivity (Wildman–Crippen MR) is 78.5 cm³/mol. The molecule has 0 atom stereocenters. The molecule has 2 rings (SSSR count). The summed E-state index contributed by atoms with van der Waals surface area (Å²) in [6, 6.07) is 6.15. The summed E-state index contributed by atoms with van der Waals surface area (Å²) in [4.78, 5) is 9.99. The number of benzene rings is 1. The summed E-state index contributed by atoms with van der Waals surface area (Å²) in [5, 5.41) is 14.9. The smallest absolute Gasteiger partial charge is 0.235 e. The van der Waals surface area contributed by atoms with Crippen LogP contribution in [0.1, 0.15) is 28.1 Å². The molecule has 2 aromatic rings. The van der Waals surface area contributed by atoms with Crippen molar-refractivity contribution in [2.24, 2.45) is 0 Å². The van der Waals surface area contributed by atoms with Crippen LogP contribution >= 0.6 is 0 Å². The van der Waals surface area contributed by atoms with E-state index in [1.807, 2.05) is 44.5 Å². The normalized spacial score (nSPS) is 11.2. The van der Waals surface area contributed by atoms with Crippen LogP contribution in [-0.4, -0.2) is 14.7 Å². The highest BCUT2D eigenvalue weighted by molar-refractivity contribution is 5.56. The maximum atomic E-state index is 10.5.